The second-order valence-corrected chi connectivity index (χ2v) is 6.42. The summed E-state index contributed by atoms with van der Waals surface area (Å²) in [7, 11) is 0. The summed E-state index contributed by atoms with van der Waals surface area (Å²) >= 11 is 0. The van der Waals surface area contributed by atoms with Crippen molar-refractivity contribution in [3.05, 3.63) is 82.3 Å². The minimum atomic E-state index is -0.643. The summed E-state index contributed by atoms with van der Waals surface area (Å²) in [6, 6.07) is 11.9. The maximum atomic E-state index is 13.2. The van der Waals surface area contributed by atoms with Gasteiger partial charge in [-0.25, -0.2) is 9.78 Å². The van der Waals surface area contributed by atoms with Crippen LogP contribution >= 0.6 is 0 Å². The molecule has 1 aromatic carbocycles. The molecule has 6 heteroatoms. The molecular formula is C22H16N2O4. The van der Waals surface area contributed by atoms with Crippen LogP contribution in [0, 0.1) is 6.92 Å². The predicted octanol–water partition coefficient (Wildman–Crippen LogP) is 3.40. The highest BCUT2D eigenvalue weighted by Gasteiger charge is 2.35. The van der Waals surface area contributed by atoms with Gasteiger partial charge in [0.05, 0.1) is 23.4 Å². The number of rotatable bonds is 3. The van der Waals surface area contributed by atoms with Crippen LogP contribution in [0.15, 0.2) is 48.7 Å². The van der Waals surface area contributed by atoms with Crippen LogP contribution in [0.3, 0.4) is 0 Å². The largest absolute Gasteiger partial charge is 0.461 e. The van der Waals surface area contributed by atoms with Gasteiger partial charge in [-0.15, -0.1) is 0 Å². The van der Waals surface area contributed by atoms with Gasteiger partial charge in [0.25, 0.3) is 0 Å². The molecule has 4 rings (SSSR count). The summed E-state index contributed by atoms with van der Waals surface area (Å²) in [4.78, 5) is 47.0. The Morgan fingerprint density at radius 3 is 2.46 bits per heavy atom. The van der Waals surface area contributed by atoms with E-state index in [0.717, 1.165) is 5.56 Å². The molecule has 0 saturated heterocycles. The number of hydrogen-bond acceptors (Lipinski definition) is 6. The zero-order chi connectivity index (χ0) is 19.8. The molecule has 0 N–H and O–H groups in total. The predicted molar refractivity (Wildman–Crippen MR) is 101 cm³/mol. The summed E-state index contributed by atoms with van der Waals surface area (Å²) in [5.41, 5.74) is 2.55. The van der Waals surface area contributed by atoms with Crippen LogP contribution < -0.4 is 0 Å². The lowest BCUT2D eigenvalue weighted by Crippen LogP contribution is -2.25. The molecule has 3 aromatic rings. The number of benzene rings is 1. The molecule has 0 bridgehead atoms. The molecule has 0 aliphatic heterocycles. The van der Waals surface area contributed by atoms with Gasteiger partial charge in [0.1, 0.15) is 11.4 Å². The van der Waals surface area contributed by atoms with Crippen LogP contribution in [0.1, 0.15) is 54.9 Å². The van der Waals surface area contributed by atoms with Gasteiger partial charge in [0.15, 0.2) is 5.78 Å². The molecule has 0 amide bonds. The summed E-state index contributed by atoms with van der Waals surface area (Å²) < 4.78 is 5.05. The Kier molecular flexibility index (Phi) is 4.31. The van der Waals surface area contributed by atoms with E-state index in [0.29, 0.717) is 5.56 Å². The van der Waals surface area contributed by atoms with Crippen LogP contribution in [-0.2, 0) is 4.74 Å². The summed E-state index contributed by atoms with van der Waals surface area (Å²) in [5, 5.41) is 0. The number of ether oxygens (including phenoxy) is 1. The molecule has 1 aliphatic carbocycles. The average molecular weight is 372 g/mol. The second kappa shape index (κ2) is 6.81. The smallest absolute Gasteiger partial charge is 0.356 e. The Labute approximate surface area is 161 Å². The molecule has 2 heterocycles. The van der Waals surface area contributed by atoms with Crippen molar-refractivity contribution >= 4 is 17.5 Å². The molecule has 0 fully saturated rings. The third-order valence-electron chi connectivity index (χ3n) is 4.57. The first-order valence-electron chi connectivity index (χ1n) is 8.85. The van der Waals surface area contributed by atoms with E-state index < -0.39 is 5.97 Å². The summed E-state index contributed by atoms with van der Waals surface area (Å²) in [6.07, 6.45) is 1.47. The van der Waals surface area contributed by atoms with Gasteiger partial charge in [0.2, 0.25) is 5.78 Å². The van der Waals surface area contributed by atoms with Crippen LogP contribution in [0.25, 0.3) is 11.3 Å². The third-order valence-corrected chi connectivity index (χ3v) is 4.57. The van der Waals surface area contributed by atoms with Crippen molar-refractivity contribution in [2.24, 2.45) is 0 Å². The first-order valence-corrected chi connectivity index (χ1v) is 8.85. The molecule has 2 aromatic heterocycles. The van der Waals surface area contributed by atoms with Gasteiger partial charge < -0.3 is 4.74 Å². The van der Waals surface area contributed by atoms with Gasteiger partial charge in [-0.05, 0) is 32.0 Å². The zero-order valence-corrected chi connectivity index (χ0v) is 15.4. The van der Waals surface area contributed by atoms with E-state index in [1.54, 1.807) is 31.2 Å². The number of ketones is 2. The highest BCUT2D eigenvalue weighted by atomic mass is 16.5. The lowest BCUT2D eigenvalue weighted by Gasteiger charge is -2.20. The number of fused-ring (bicyclic) bond motifs is 2. The zero-order valence-electron chi connectivity index (χ0n) is 15.4. The van der Waals surface area contributed by atoms with Gasteiger partial charge in [-0.2, -0.15) is 0 Å². The molecule has 138 valence electrons. The number of aryl methyl sites for hydroxylation is 1. The molecule has 0 atom stereocenters. The fraction of sp³-hybridized carbons (Fsp3) is 0.136. The van der Waals surface area contributed by atoms with Crippen molar-refractivity contribution in [2.75, 3.05) is 6.61 Å². The lowest BCUT2D eigenvalue weighted by atomic mass is 9.84. The standard InChI is InChI=1S/C22H16N2O4/c1-3-28-22(27)16-11-15-17(18(24-16)13-8-6-12(2)7-9-13)21(26)19-14(20(15)25)5-4-10-23-19/h4-11H,3H2,1-2H3. The van der Waals surface area contributed by atoms with Crippen molar-refractivity contribution < 1.29 is 19.1 Å². The molecule has 6 nitrogen and oxygen atoms in total. The Hall–Kier alpha value is -3.67. The second-order valence-electron chi connectivity index (χ2n) is 6.42. The van der Waals surface area contributed by atoms with E-state index in [4.69, 9.17) is 4.74 Å². The van der Waals surface area contributed by atoms with E-state index in [-0.39, 0.29) is 51.9 Å². The van der Waals surface area contributed by atoms with Crippen molar-refractivity contribution in [1.82, 2.24) is 9.97 Å². The molecule has 0 unspecified atom stereocenters. The SMILES string of the molecule is CCOC(=O)c1cc2c(c(-c3ccc(C)cc3)n1)C(=O)c1ncccc1C2=O. The summed E-state index contributed by atoms with van der Waals surface area (Å²) in [6.45, 7) is 3.81. The number of carbonyl (C=O) groups is 3. The average Bonchev–Trinajstić information content (AvgIpc) is 2.72. The third kappa shape index (κ3) is 2.79. The van der Waals surface area contributed by atoms with Gasteiger partial charge in [-0.3, -0.25) is 14.6 Å². The van der Waals surface area contributed by atoms with E-state index >= 15 is 0 Å². The molecule has 0 saturated carbocycles. The quantitative estimate of drug-likeness (QED) is 0.512. The molecular weight excluding hydrogens is 356 g/mol. The van der Waals surface area contributed by atoms with Gasteiger partial charge >= 0.3 is 5.97 Å². The summed E-state index contributed by atoms with van der Waals surface area (Å²) in [5.74, 6) is -1.39. The first kappa shape index (κ1) is 17.7. The van der Waals surface area contributed by atoms with Crippen molar-refractivity contribution in [3.63, 3.8) is 0 Å². The minimum absolute atomic E-state index is 0.00957. The van der Waals surface area contributed by atoms with E-state index in [1.807, 2.05) is 19.1 Å². The Bertz CT molecular complexity index is 1130. The minimum Gasteiger partial charge on any atom is -0.461 e. The van der Waals surface area contributed by atoms with E-state index in [2.05, 4.69) is 9.97 Å². The van der Waals surface area contributed by atoms with Crippen LogP contribution in [-0.4, -0.2) is 34.1 Å². The number of aromatic nitrogens is 2. The number of carbonyl (C=O) groups excluding carboxylic acids is 3. The Morgan fingerprint density at radius 1 is 1.00 bits per heavy atom. The molecule has 0 radical (unpaired) electrons. The fourth-order valence-corrected chi connectivity index (χ4v) is 3.22. The lowest BCUT2D eigenvalue weighted by molar-refractivity contribution is 0.0519. The maximum absolute atomic E-state index is 13.2. The van der Waals surface area contributed by atoms with Gasteiger partial charge in [0, 0.05) is 17.3 Å². The van der Waals surface area contributed by atoms with Crippen molar-refractivity contribution in [2.45, 2.75) is 13.8 Å². The van der Waals surface area contributed by atoms with Crippen LogP contribution in [0.4, 0.5) is 0 Å². The monoisotopic (exact) mass is 372 g/mol. The first-order chi connectivity index (χ1) is 13.5. The van der Waals surface area contributed by atoms with Crippen molar-refractivity contribution in [1.29, 1.82) is 0 Å². The van der Waals surface area contributed by atoms with E-state index in [9.17, 15) is 14.4 Å². The number of pyridine rings is 2. The number of nitrogens with zero attached hydrogens (tertiary/aromatic N) is 2. The van der Waals surface area contributed by atoms with Crippen LogP contribution in [0.5, 0.6) is 0 Å². The highest BCUT2D eigenvalue weighted by molar-refractivity contribution is 6.29. The molecule has 28 heavy (non-hydrogen) atoms. The van der Waals surface area contributed by atoms with Crippen molar-refractivity contribution in [3.8, 4) is 11.3 Å². The number of esters is 1. The number of hydrogen-bond donors (Lipinski definition) is 0. The Morgan fingerprint density at radius 2 is 1.75 bits per heavy atom. The van der Waals surface area contributed by atoms with Crippen LogP contribution in [0.2, 0.25) is 0 Å². The highest BCUT2D eigenvalue weighted by Crippen LogP contribution is 2.33. The van der Waals surface area contributed by atoms with E-state index in [1.165, 1.54) is 12.3 Å². The topological polar surface area (TPSA) is 86.2 Å². The van der Waals surface area contributed by atoms with Gasteiger partial charge in [-0.1, -0.05) is 29.8 Å². The normalized spacial score (nSPS) is 12.4. The molecule has 0 spiro atoms. The Balaban J connectivity index is 2.01. The molecule has 1 aliphatic rings. The maximum Gasteiger partial charge on any atom is 0.356 e. The fourth-order valence-electron chi connectivity index (χ4n) is 3.22.